The molecule has 1 aliphatic carbocycles. The first-order valence-electron chi connectivity index (χ1n) is 11.2. The van der Waals surface area contributed by atoms with E-state index in [1.165, 1.54) is 103 Å². The van der Waals surface area contributed by atoms with Gasteiger partial charge in [-0.15, -0.1) is 0 Å². The minimum atomic E-state index is -0.710. The summed E-state index contributed by atoms with van der Waals surface area (Å²) in [5.41, 5.74) is -0.710. The number of rotatable bonds is 0. The van der Waals surface area contributed by atoms with Crippen molar-refractivity contribution in [3.8, 4) is 12.1 Å². The van der Waals surface area contributed by atoms with Crippen molar-refractivity contribution < 1.29 is 0 Å². The summed E-state index contributed by atoms with van der Waals surface area (Å²) in [6.07, 6.45) is 25.2. The van der Waals surface area contributed by atoms with Crippen molar-refractivity contribution in [2.45, 2.75) is 128 Å². The van der Waals surface area contributed by atoms with Crippen LogP contribution in [0.4, 0.5) is 0 Å². The Labute approximate surface area is 157 Å². The highest BCUT2D eigenvalue weighted by Gasteiger charge is 2.28. The first-order valence-corrected chi connectivity index (χ1v) is 11.2. The molecule has 1 fully saturated rings. The Bertz CT molecular complexity index is 350. The van der Waals surface area contributed by atoms with Crippen LogP contribution in [0.25, 0.3) is 0 Å². The Morgan fingerprint density at radius 3 is 0.760 bits per heavy atom. The highest BCUT2D eigenvalue weighted by atomic mass is 14.4. The van der Waals surface area contributed by atoms with Gasteiger partial charge in [-0.3, -0.25) is 0 Å². The monoisotopic (exact) mass is 344 g/mol. The minimum Gasteiger partial charge on any atom is -0.197 e. The predicted octanol–water partition coefficient (Wildman–Crippen LogP) is 7.84. The molecule has 1 aliphatic rings. The van der Waals surface area contributed by atoms with Crippen LogP contribution in [0, 0.1) is 28.1 Å². The molecule has 0 aromatic rings. The second kappa shape index (κ2) is 15.3. The van der Waals surface area contributed by atoms with Crippen molar-refractivity contribution in [1.82, 2.24) is 0 Å². The highest BCUT2D eigenvalue weighted by Crippen LogP contribution is 2.30. The summed E-state index contributed by atoms with van der Waals surface area (Å²) in [5, 5.41) is 19.0. The van der Waals surface area contributed by atoms with Gasteiger partial charge >= 0.3 is 0 Å². The maximum absolute atomic E-state index is 9.51. The van der Waals surface area contributed by atoms with Gasteiger partial charge in [0.2, 0.25) is 0 Å². The van der Waals surface area contributed by atoms with Crippen molar-refractivity contribution in [3.05, 3.63) is 0 Å². The van der Waals surface area contributed by atoms with Crippen LogP contribution < -0.4 is 0 Å². The zero-order chi connectivity index (χ0) is 18.1. The fourth-order valence-corrected chi connectivity index (χ4v) is 4.06. The molecule has 0 aliphatic heterocycles. The van der Waals surface area contributed by atoms with Gasteiger partial charge in [0, 0.05) is 0 Å². The number of hydrogen-bond acceptors (Lipinski definition) is 2. The predicted molar refractivity (Wildman–Crippen MR) is 106 cm³/mol. The van der Waals surface area contributed by atoms with Gasteiger partial charge in [0.25, 0.3) is 0 Å². The zero-order valence-electron chi connectivity index (χ0n) is 16.5. The van der Waals surface area contributed by atoms with Gasteiger partial charge < -0.3 is 0 Å². The van der Waals surface area contributed by atoms with Crippen molar-refractivity contribution >= 4 is 0 Å². The lowest BCUT2D eigenvalue weighted by Crippen LogP contribution is -2.16. The van der Waals surface area contributed by atoms with E-state index in [-0.39, 0.29) is 0 Å². The molecule has 2 nitrogen and oxygen atoms in total. The van der Waals surface area contributed by atoms with Gasteiger partial charge in [-0.2, -0.15) is 10.5 Å². The van der Waals surface area contributed by atoms with E-state index < -0.39 is 5.41 Å². The Morgan fingerprint density at radius 1 is 0.360 bits per heavy atom. The van der Waals surface area contributed by atoms with Crippen molar-refractivity contribution in [1.29, 1.82) is 10.5 Å². The van der Waals surface area contributed by atoms with Crippen LogP contribution in [0.3, 0.4) is 0 Å². The van der Waals surface area contributed by atoms with Gasteiger partial charge in [0.15, 0.2) is 0 Å². The Hall–Kier alpha value is -1.02. The maximum Gasteiger partial charge on any atom is 0.143 e. The molecular weight excluding hydrogens is 304 g/mol. The van der Waals surface area contributed by atoms with Crippen LogP contribution in [0.2, 0.25) is 0 Å². The van der Waals surface area contributed by atoms with Crippen LogP contribution in [-0.4, -0.2) is 0 Å². The first kappa shape index (κ1) is 22.0. The van der Waals surface area contributed by atoms with Crippen LogP contribution in [0.15, 0.2) is 0 Å². The molecule has 0 aromatic carbocycles. The standard InChI is InChI=1S/C23H40N2/c24-21-23(22-25)19-17-15-13-11-9-7-5-3-1-2-4-6-8-10-12-14-16-18-20-23/h1-20H2. The lowest BCUT2D eigenvalue weighted by molar-refractivity contribution is 0.390. The third kappa shape index (κ3) is 11.3. The Balaban J connectivity index is 2.33. The van der Waals surface area contributed by atoms with E-state index in [9.17, 15) is 10.5 Å². The summed E-state index contributed by atoms with van der Waals surface area (Å²) in [4.78, 5) is 0. The largest absolute Gasteiger partial charge is 0.197 e. The van der Waals surface area contributed by atoms with Gasteiger partial charge in [0.1, 0.15) is 5.41 Å². The number of nitrogens with zero attached hydrogens (tertiary/aromatic N) is 2. The molecule has 0 aromatic heterocycles. The summed E-state index contributed by atoms with van der Waals surface area (Å²) >= 11 is 0. The average molecular weight is 345 g/mol. The number of hydrogen-bond donors (Lipinski definition) is 0. The summed E-state index contributed by atoms with van der Waals surface area (Å²) in [6, 6.07) is 4.70. The van der Waals surface area contributed by atoms with Crippen LogP contribution in [0.5, 0.6) is 0 Å². The third-order valence-corrected chi connectivity index (χ3v) is 5.89. The normalized spacial score (nSPS) is 23.4. The van der Waals surface area contributed by atoms with Gasteiger partial charge in [-0.1, -0.05) is 116 Å². The molecule has 0 atom stereocenters. The maximum atomic E-state index is 9.51. The Kier molecular flexibility index (Phi) is 13.4. The zero-order valence-corrected chi connectivity index (χ0v) is 16.5. The summed E-state index contributed by atoms with van der Waals surface area (Å²) in [6.45, 7) is 0. The van der Waals surface area contributed by atoms with E-state index >= 15 is 0 Å². The minimum absolute atomic E-state index is 0.710. The van der Waals surface area contributed by atoms with Crippen LogP contribution >= 0.6 is 0 Å². The summed E-state index contributed by atoms with van der Waals surface area (Å²) in [5.74, 6) is 0. The van der Waals surface area contributed by atoms with Crippen LogP contribution in [0.1, 0.15) is 128 Å². The molecule has 0 radical (unpaired) electrons. The average Bonchev–Trinajstić information content (AvgIpc) is 2.64. The van der Waals surface area contributed by atoms with Crippen molar-refractivity contribution in [2.24, 2.45) is 5.41 Å². The Morgan fingerprint density at radius 2 is 0.560 bits per heavy atom. The molecule has 0 heterocycles. The molecular formula is C23H40N2. The van der Waals surface area contributed by atoms with Gasteiger partial charge in [0.05, 0.1) is 12.1 Å². The van der Waals surface area contributed by atoms with E-state index in [0.29, 0.717) is 0 Å². The second-order valence-electron chi connectivity index (χ2n) is 8.17. The summed E-state index contributed by atoms with van der Waals surface area (Å²) < 4.78 is 0. The molecule has 0 spiro atoms. The summed E-state index contributed by atoms with van der Waals surface area (Å²) in [7, 11) is 0. The lowest BCUT2D eigenvalue weighted by Gasteiger charge is -2.18. The molecule has 2 heteroatoms. The van der Waals surface area contributed by atoms with E-state index in [2.05, 4.69) is 12.1 Å². The smallest absolute Gasteiger partial charge is 0.143 e. The van der Waals surface area contributed by atoms with Crippen LogP contribution in [-0.2, 0) is 0 Å². The molecule has 0 N–H and O–H groups in total. The fourth-order valence-electron chi connectivity index (χ4n) is 4.06. The van der Waals surface area contributed by atoms with Gasteiger partial charge in [-0.25, -0.2) is 0 Å². The van der Waals surface area contributed by atoms with Crippen molar-refractivity contribution in [3.63, 3.8) is 0 Å². The van der Waals surface area contributed by atoms with E-state index in [1.54, 1.807) is 0 Å². The van der Waals surface area contributed by atoms with E-state index in [1.807, 2.05) is 0 Å². The molecule has 25 heavy (non-hydrogen) atoms. The van der Waals surface area contributed by atoms with Gasteiger partial charge in [-0.05, 0) is 12.8 Å². The third-order valence-electron chi connectivity index (χ3n) is 5.89. The SMILES string of the molecule is N#CC1(C#N)CCCCCCCCCCCCCCCCCCCC1. The molecule has 1 rings (SSSR count). The molecule has 142 valence electrons. The molecule has 0 bridgehead atoms. The quantitative estimate of drug-likeness (QED) is 0.449. The highest BCUT2D eigenvalue weighted by molar-refractivity contribution is 5.13. The second-order valence-corrected chi connectivity index (χ2v) is 8.17. The van der Waals surface area contributed by atoms with Crippen molar-refractivity contribution in [2.75, 3.05) is 0 Å². The molecule has 0 amide bonds. The first-order chi connectivity index (χ1) is 12.3. The molecule has 1 saturated carbocycles. The van der Waals surface area contributed by atoms with E-state index in [4.69, 9.17) is 0 Å². The lowest BCUT2D eigenvalue weighted by atomic mass is 9.80. The van der Waals surface area contributed by atoms with E-state index in [0.717, 1.165) is 25.7 Å². The topological polar surface area (TPSA) is 47.6 Å². The fraction of sp³-hybridized carbons (Fsp3) is 0.913. The number of nitriles is 2. The molecule has 0 saturated heterocycles. The molecule has 0 unspecified atom stereocenters.